The first-order chi connectivity index (χ1) is 10.2. The maximum Gasteiger partial charge on any atom is 0.313 e. The minimum Gasteiger partial charge on any atom is -0.481 e. The van der Waals surface area contributed by atoms with E-state index in [4.69, 9.17) is 5.11 Å². The van der Waals surface area contributed by atoms with E-state index in [9.17, 15) is 4.79 Å². The van der Waals surface area contributed by atoms with Gasteiger partial charge in [0, 0.05) is 9.78 Å². The van der Waals surface area contributed by atoms with E-state index in [1.54, 1.807) is 22.7 Å². The summed E-state index contributed by atoms with van der Waals surface area (Å²) in [6.07, 6.45) is 2.01. The summed E-state index contributed by atoms with van der Waals surface area (Å²) in [7, 11) is 0. The Morgan fingerprint density at radius 1 is 1.29 bits per heavy atom. The van der Waals surface area contributed by atoms with Crippen molar-refractivity contribution in [3.05, 3.63) is 51.7 Å². The molecule has 1 aromatic carbocycles. The zero-order chi connectivity index (χ0) is 14.7. The molecule has 0 fully saturated rings. The van der Waals surface area contributed by atoms with Crippen LogP contribution < -0.4 is 0 Å². The molecule has 2 heterocycles. The molecule has 0 spiro atoms. The highest BCUT2D eigenvalue weighted by molar-refractivity contribution is 8.09. The highest BCUT2D eigenvalue weighted by Gasteiger charge is 2.11. The molecule has 0 radical (unpaired) electrons. The topological polar surface area (TPSA) is 50.2 Å². The Hall–Kier alpha value is -1.63. The minimum absolute atomic E-state index is 0.0349. The normalized spacial score (nSPS) is 11.9. The van der Waals surface area contributed by atoms with Gasteiger partial charge in [0.25, 0.3) is 0 Å². The van der Waals surface area contributed by atoms with Gasteiger partial charge < -0.3 is 5.11 Å². The number of nitrogens with zero attached hydrogens (tertiary/aromatic N) is 1. The molecule has 0 aliphatic carbocycles. The van der Waals surface area contributed by atoms with Crippen LogP contribution in [0.4, 0.5) is 0 Å². The fourth-order valence-electron chi connectivity index (χ4n) is 1.78. The average molecular weight is 333 g/mol. The molecule has 1 N–H and O–H groups in total. The number of para-hydroxylation sites is 1. The number of thiophene rings is 1. The Kier molecular flexibility index (Phi) is 4.38. The van der Waals surface area contributed by atoms with Crippen LogP contribution in [-0.2, 0) is 4.79 Å². The number of fused-ring (bicyclic) bond motifs is 1. The lowest BCUT2D eigenvalue weighted by atomic mass is 10.3. The van der Waals surface area contributed by atoms with E-state index >= 15 is 0 Å². The minimum atomic E-state index is -0.821. The lowest BCUT2D eigenvalue weighted by Gasteiger charge is -2.01. The highest BCUT2D eigenvalue weighted by Crippen LogP contribution is 2.35. The van der Waals surface area contributed by atoms with Gasteiger partial charge in [0.05, 0.1) is 16.0 Å². The predicted molar refractivity (Wildman–Crippen MR) is 91.9 cm³/mol. The van der Waals surface area contributed by atoms with Gasteiger partial charge >= 0.3 is 5.97 Å². The lowest BCUT2D eigenvalue weighted by molar-refractivity contribution is -0.133. The summed E-state index contributed by atoms with van der Waals surface area (Å²) in [6.45, 7) is 0. The van der Waals surface area contributed by atoms with Crippen molar-refractivity contribution < 1.29 is 9.90 Å². The molecule has 3 aromatic rings. The molecule has 0 bridgehead atoms. The monoisotopic (exact) mass is 333 g/mol. The Balaban J connectivity index is 1.99. The molecule has 2 aromatic heterocycles. The van der Waals surface area contributed by atoms with Crippen molar-refractivity contribution in [2.24, 2.45) is 0 Å². The number of carboxylic acids is 1. The number of hydrogen-bond acceptors (Lipinski definition) is 5. The smallest absolute Gasteiger partial charge is 0.313 e. The van der Waals surface area contributed by atoms with Crippen molar-refractivity contribution >= 4 is 61.6 Å². The van der Waals surface area contributed by atoms with Crippen LogP contribution in [0.2, 0.25) is 0 Å². The molecule has 0 unspecified atom stereocenters. The largest absolute Gasteiger partial charge is 0.481 e. The number of benzene rings is 1. The van der Waals surface area contributed by atoms with Crippen molar-refractivity contribution in [2.75, 3.05) is 5.75 Å². The molecule has 0 amide bonds. The van der Waals surface area contributed by atoms with E-state index in [0.29, 0.717) is 0 Å². The SMILES string of the molecule is O=C(O)CSC(=Cc1cccs1)c1nc2ccccc2s1. The number of thiazole rings is 1. The number of hydrogen-bond donors (Lipinski definition) is 1. The molecular formula is C15H11NO2S3. The highest BCUT2D eigenvalue weighted by atomic mass is 32.2. The van der Waals surface area contributed by atoms with E-state index in [1.165, 1.54) is 11.8 Å². The Labute approximate surface area is 134 Å². The van der Waals surface area contributed by atoms with Crippen LogP contribution in [0, 0.1) is 0 Å². The molecule has 0 atom stereocenters. The van der Waals surface area contributed by atoms with Crippen LogP contribution in [-0.4, -0.2) is 21.8 Å². The van der Waals surface area contributed by atoms with E-state index in [0.717, 1.165) is 25.0 Å². The molecular weight excluding hydrogens is 322 g/mol. The van der Waals surface area contributed by atoms with E-state index in [2.05, 4.69) is 4.98 Å². The van der Waals surface area contributed by atoms with Gasteiger partial charge in [0.15, 0.2) is 0 Å². The quantitative estimate of drug-likeness (QED) is 0.737. The summed E-state index contributed by atoms with van der Waals surface area (Å²) in [4.78, 5) is 17.5. The number of aromatic nitrogens is 1. The van der Waals surface area contributed by atoms with Crippen molar-refractivity contribution in [2.45, 2.75) is 0 Å². The van der Waals surface area contributed by atoms with Gasteiger partial charge in [-0.3, -0.25) is 4.79 Å². The Morgan fingerprint density at radius 2 is 2.14 bits per heavy atom. The molecule has 0 aliphatic heterocycles. The summed E-state index contributed by atoms with van der Waals surface area (Å²) in [5, 5.41) is 11.8. The van der Waals surface area contributed by atoms with Crippen LogP contribution in [0.1, 0.15) is 9.88 Å². The second-order valence-corrected chi connectivity index (χ2v) is 7.22. The second-order valence-electron chi connectivity index (χ2n) is 4.19. The molecule has 106 valence electrons. The zero-order valence-corrected chi connectivity index (χ0v) is 13.3. The predicted octanol–water partition coefficient (Wildman–Crippen LogP) is 4.67. The van der Waals surface area contributed by atoms with Crippen LogP contribution >= 0.6 is 34.4 Å². The summed E-state index contributed by atoms with van der Waals surface area (Å²) < 4.78 is 1.11. The van der Waals surface area contributed by atoms with E-state index in [1.807, 2.05) is 47.9 Å². The van der Waals surface area contributed by atoms with Gasteiger partial charge in [0.2, 0.25) is 0 Å². The van der Waals surface area contributed by atoms with Crippen LogP contribution in [0.25, 0.3) is 21.2 Å². The molecule has 0 saturated carbocycles. The fraction of sp³-hybridized carbons (Fsp3) is 0.0667. The molecule has 3 nitrogen and oxygen atoms in total. The van der Waals surface area contributed by atoms with Gasteiger partial charge in [-0.2, -0.15) is 0 Å². The van der Waals surface area contributed by atoms with Gasteiger partial charge in [-0.1, -0.05) is 18.2 Å². The number of carbonyl (C=O) groups is 1. The molecule has 6 heteroatoms. The third-order valence-corrected chi connectivity index (χ3v) is 5.70. The maximum absolute atomic E-state index is 10.8. The van der Waals surface area contributed by atoms with Crippen LogP contribution in [0.15, 0.2) is 41.8 Å². The summed E-state index contributed by atoms with van der Waals surface area (Å²) in [5.74, 6) is -0.786. The standard InChI is InChI=1S/C15H11NO2S3/c17-14(18)9-20-13(8-10-4-3-7-19-10)15-16-11-5-1-2-6-12(11)21-15/h1-8H,9H2,(H,17,18). The summed E-state index contributed by atoms with van der Waals surface area (Å²) in [5.41, 5.74) is 0.950. The lowest BCUT2D eigenvalue weighted by Crippen LogP contribution is -1.97. The summed E-state index contributed by atoms with van der Waals surface area (Å²) >= 11 is 4.53. The molecule has 21 heavy (non-hydrogen) atoms. The van der Waals surface area contributed by atoms with Crippen molar-refractivity contribution in [1.82, 2.24) is 4.98 Å². The zero-order valence-electron chi connectivity index (χ0n) is 10.9. The van der Waals surface area contributed by atoms with Gasteiger partial charge in [-0.25, -0.2) is 4.98 Å². The van der Waals surface area contributed by atoms with Crippen LogP contribution in [0.5, 0.6) is 0 Å². The van der Waals surface area contributed by atoms with Gasteiger partial charge in [-0.05, 0) is 29.7 Å². The molecule has 0 saturated heterocycles. The number of carboxylic acid groups (broad SMARTS) is 1. The first-order valence-electron chi connectivity index (χ1n) is 6.18. The van der Waals surface area contributed by atoms with Crippen molar-refractivity contribution in [3.63, 3.8) is 0 Å². The maximum atomic E-state index is 10.8. The number of rotatable bonds is 5. The Morgan fingerprint density at radius 3 is 2.86 bits per heavy atom. The van der Waals surface area contributed by atoms with Crippen molar-refractivity contribution in [3.8, 4) is 0 Å². The second kappa shape index (κ2) is 6.43. The van der Waals surface area contributed by atoms with E-state index in [-0.39, 0.29) is 5.75 Å². The average Bonchev–Trinajstić information content (AvgIpc) is 3.11. The third kappa shape index (κ3) is 3.53. The summed E-state index contributed by atoms with van der Waals surface area (Å²) in [6, 6.07) is 11.9. The number of thioether (sulfide) groups is 1. The van der Waals surface area contributed by atoms with Gasteiger partial charge in [0.1, 0.15) is 5.01 Å². The van der Waals surface area contributed by atoms with Crippen LogP contribution in [0.3, 0.4) is 0 Å². The molecule has 3 rings (SSSR count). The first-order valence-corrected chi connectivity index (χ1v) is 8.86. The third-order valence-electron chi connectivity index (χ3n) is 2.67. The first kappa shape index (κ1) is 14.3. The molecule has 0 aliphatic rings. The van der Waals surface area contributed by atoms with Gasteiger partial charge in [-0.15, -0.1) is 34.4 Å². The number of aliphatic carboxylic acids is 1. The Bertz CT molecular complexity index is 757. The van der Waals surface area contributed by atoms with Crippen molar-refractivity contribution in [1.29, 1.82) is 0 Å². The fourth-order valence-corrected chi connectivity index (χ4v) is 4.35. The van der Waals surface area contributed by atoms with E-state index < -0.39 is 5.97 Å².